The zero-order valence-corrected chi connectivity index (χ0v) is 13.4. The van der Waals surface area contributed by atoms with Crippen molar-refractivity contribution in [3.05, 3.63) is 61.2 Å². The Bertz CT molecular complexity index is 752. The molecule has 0 saturated heterocycles. The minimum Gasteiger partial charge on any atom is -0.507 e. The smallest absolute Gasteiger partial charge is 0.165 e. The number of allylic oxidation sites excluding steroid dienone is 3. The molecule has 3 N–H and O–H groups in total. The van der Waals surface area contributed by atoms with Crippen LogP contribution in [-0.2, 0) is 0 Å². The number of benzene rings is 1. The maximum absolute atomic E-state index is 10.0. The third-order valence-electron chi connectivity index (χ3n) is 3.58. The summed E-state index contributed by atoms with van der Waals surface area (Å²) in [5, 5.41) is 11.0. The molecule has 120 valence electrons. The molecule has 0 unspecified atom stereocenters. The summed E-state index contributed by atoms with van der Waals surface area (Å²) in [6.45, 7) is 11.4. The summed E-state index contributed by atoms with van der Waals surface area (Å²) in [5.41, 5.74) is 6.98. The molecular weight excluding hydrogens is 288 g/mol. The van der Waals surface area contributed by atoms with Gasteiger partial charge in [0.05, 0.1) is 11.1 Å². The number of hydrogen-bond acceptors (Lipinski definition) is 5. The van der Waals surface area contributed by atoms with E-state index in [2.05, 4.69) is 34.9 Å². The number of fused-ring (bicyclic) bond motifs is 1. The Hall–Kier alpha value is -2.66. The fourth-order valence-corrected chi connectivity index (χ4v) is 2.41. The van der Waals surface area contributed by atoms with Gasteiger partial charge in [0.2, 0.25) is 0 Å². The number of nitrogens with two attached hydrogens (primary N) is 1. The molecule has 0 aliphatic carbocycles. The number of aliphatic hydroxyl groups is 1. The predicted octanol–water partition coefficient (Wildman–Crippen LogP) is 3.06. The van der Waals surface area contributed by atoms with Crippen molar-refractivity contribution in [3.63, 3.8) is 0 Å². The largest absolute Gasteiger partial charge is 0.507 e. The Morgan fingerprint density at radius 2 is 2.00 bits per heavy atom. The lowest BCUT2D eigenvalue weighted by atomic mass is 10.1. The molecule has 0 fully saturated rings. The fourth-order valence-electron chi connectivity index (χ4n) is 2.41. The zero-order valence-electron chi connectivity index (χ0n) is 13.4. The number of anilines is 1. The lowest BCUT2D eigenvalue weighted by molar-refractivity contribution is 0.435. The topological polar surface area (TPSA) is 75.3 Å². The van der Waals surface area contributed by atoms with E-state index in [9.17, 15) is 5.11 Å². The van der Waals surface area contributed by atoms with E-state index in [4.69, 9.17) is 5.73 Å². The molecule has 23 heavy (non-hydrogen) atoms. The molecular formula is C18H22N4O. The van der Waals surface area contributed by atoms with E-state index in [0.717, 1.165) is 23.3 Å². The molecule has 0 aliphatic rings. The highest BCUT2D eigenvalue weighted by molar-refractivity contribution is 5.91. The second-order valence-electron chi connectivity index (χ2n) is 4.96. The molecule has 0 spiro atoms. The lowest BCUT2D eigenvalue weighted by Gasteiger charge is -2.23. The summed E-state index contributed by atoms with van der Waals surface area (Å²) in [4.78, 5) is 11.3. The SMILES string of the molecule is C=C/C(O)=C(\C=C)c1nc(N(CC)CCN)c2ccccc2n1. The molecule has 0 bridgehead atoms. The Balaban J connectivity index is 2.74. The van der Waals surface area contributed by atoms with Gasteiger partial charge in [-0.15, -0.1) is 0 Å². The predicted molar refractivity (Wildman–Crippen MR) is 96.4 cm³/mol. The second kappa shape index (κ2) is 7.56. The van der Waals surface area contributed by atoms with Crippen molar-refractivity contribution < 1.29 is 5.11 Å². The average Bonchev–Trinajstić information content (AvgIpc) is 2.59. The quantitative estimate of drug-likeness (QED) is 0.607. The summed E-state index contributed by atoms with van der Waals surface area (Å²) < 4.78 is 0. The monoisotopic (exact) mass is 310 g/mol. The van der Waals surface area contributed by atoms with E-state index < -0.39 is 0 Å². The molecule has 2 aromatic rings. The van der Waals surface area contributed by atoms with E-state index in [0.29, 0.717) is 24.5 Å². The minimum atomic E-state index is 0.00287. The number of rotatable bonds is 7. The van der Waals surface area contributed by atoms with Crippen LogP contribution in [-0.4, -0.2) is 34.7 Å². The van der Waals surface area contributed by atoms with E-state index in [1.807, 2.05) is 24.3 Å². The van der Waals surface area contributed by atoms with E-state index >= 15 is 0 Å². The third-order valence-corrected chi connectivity index (χ3v) is 3.58. The van der Waals surface area contributed by atoms with Crippen LogP contribution < -0.4 is 10.6 Å². The van der Waals surface area contributed by atoms with Gasteiger partial charge in [-0.3, -0.25) is 0 Å². The standard InChI is InChI=1S/C18H22N4O/c1-4-13(16(23)5-2)17-20-15-10-8-7-9-14(15)18(21-17)22(6-3)12-11-19/h4-5,7-10,23H,1-2,6,11-12,19H2,3H3/b16-13-. The van der Waals surface area contributed by atoms with Crippen LogP contribution in [0.5, 0.6) is 0 Å². The first kappa shape index (κ1) is 16.7. The third kappa shape index (κ3) is 3.40. The fraction of sp³-hybridized carbons (Fsp3) is 0.222. The van der Waals surface area contributed by atoms with Gasteiger partial charge in [0.15, 0.2) is 5.82 Å². The van der Waals surface area contributed by atoms with Crippen LogP contribution >= 0.6 is 0 Å². The van der Waals surface area contributed by atoms with Gasteiger partial charge < -0.3 is 15.7 Å². The highest BCUT2D eigenvalue weighted by atomic mass is 16.3. The Morgan fingerprint density at radius 1 is 1.26 bits per heavy atom. The van der Waals surface area contributed by atoms with Crippen LogP contribution in [0.2, 0.25) is 0 Å². The van der Waals surface area contributed by atoms with Crippen molar-refractivity contribution in [2.75, 3.05) is 24.5 Å². The first-order valence-corrected chi connectivity index (χ1v) is 7.56. The summed E-state index contributed by atoms with van der Waals surface area (Å²) in [5.74, 6) is 1.22. The van der Waals surface area contributed by atoms with Gasteiger partial charge in [-0.1, -0.05) is 31.4 Å². The Kier molecular flexibility index (Phi) is 5.49. The molecule has 0 atom stereocenters. The molecule has 2 rings (SSSR count). The molecule has 1 aromatic heterocycles. The minimum absolute atomic E-state index is 0.00287. The molecule has 1 heterocycles. The van der Waals surface area contributed by atoms with Crippen molar-refractivity contribution in [3.8, 4) is 0 Å². The van der Waals surface area contributed by atoms with Gasteiger partial charge >= 0.3 is 0 Å². The number of aromatic nitrogens is 2. The van der Waals surface area contributed by atoms with Crippen LogP contribution in [0.4, 0.5) is 5.82 Å². The highest BCUT2D eigenvalue weighted by Crippen LogP contribution is 2.27. The lowest BCUT2D eigenvalue weighted by Crippen LogP contribution is -2.30. The van der Waals surface area contributed by atoms with Crippen LogP contribution in [0.3, 0.4) is 0 Å². The number of hydrogen-bond donors (Lipinski definition) is 2. The number of para-hydroxylation sites is 1. The molecule has 0 radical (unpaired) electrons. The normalized spacial score (nSPS) is 11.9. The Morgan fingerprint density at radius 3 is 2.61 bits per heavy atom. The van der Waals surface area contributed by atoms with E-state index in [1.165, 1.54) is 12.2 Å². The van der Waals surface area contributed by atoms with Crippen LogP contribution in [0.1, 0.15) is 12.7 Å². The van der Waals surface area contributed by atoms with Crippen LogP contribution in [0.25, 0.3) is 16.5 Å². The maximum Gasteiger partial charge on any atom is 0.165 e. The summed E-state index contributed by atoms with van der Waals surface area (Å²) in [6.07, 6.45) is 2.89. The number of aliphatic hydroxyl groups excluding tert-OH is 1. The van der Waals surface area contributed by atoms with Crippen LogP contribution in [0.15, 0.2) is 55.3 Å². The zero-order chi connectivity index (χ0) is 16.8. The van der Waals surface area contributed by atoms with Crippen molar-refractivity contribution in [1.82, 2.24) is 9.97 Å². The van der Waals surface area contributed by atoms with Gasteiger partial charge in [-0.2, -0.15) is 0 Å². The first-order valence-electron chi connectivity index (χ1n) is 7.56. The molecule has 0 saturated carbocycles. The van der Waals surface area contributed by atoms with E-state index in [-0.39, 0.29) is 5.76 Å². The first-order chi connectivity index (χ1) is 11.2. The highest BCUT2D eigenvalue weighted by Gasteiger charge is 2.15. The average molecular weight is 310 g/mol. The summed E-state index contributed by atoms with van der Waals surface area (Å²) in [6, 6.07) is 7.79. The molecule has 0 aliphatic heterocycles. The van der Waals surface area contributed by atoms with Crippen molar-refractivity contribution in [2.24, 2.45) is 5.73 Å². The van der Waals surface area contributed by atoms with Crippen molar-refractivity contribution >= 4 is 22.3 Å². The van der Waals surface area contributed by atoms with Gasteiger partial charge in [-0.25, -0.2) is 9.97 Å². The summed E-state index contributed by atoms with van der Waals surface area (Å²) in [7, 11) is 0. The van der Waals surface area contributed by atoms with Gasteiger partial charge in [0, 0.05) is 25.0 Å². The molecule has 0 amide bonds. The number of likely N-dealkylation sites (N-methyl/N-ethyl adjacent to an activating group) is 1. The van der Waals surface area contributed by atoms with Gasteiger partial charge in [0.1, 0.15) is 11.6 Å². The molecule has 1 aromatic carbocycles. The molecule has 5 heteroatoms. The van der Waals surface area contributed by atoms with Gasteiger partial charge in [-0.05, 0) is 25.1 Å². The number of nitrogens with zero attached hydrogens (tertiary/aromatic N) is 3. The Labute approximate surface area is 136 Å². The maximum atomic E-state index is 10.0. The van der Waals surface area contributed by atoms with E-state index in [1.54, 1.807) is 0 Å². The van der Waals surface area contributed by atoms with Gasteiger partial charge in [0.25, 0.3) is 0 Å². The summed E-state index contributed by atoms with van der Waals surface area (Å²) >= 11 is 0. The van der Waals surface area contributed by atoms with Crippen LogP contribution in [0, 0.1) is 0 Å². The van der Waals surface area contributed by atoms with Crippen molar-refractivity contribution in [2.45, 2.75) is 6.92 Å². The van der Waals surface area contributed by atoms with Crippen molar-refractivity contribution in [1.29, 1.82) is 0 Å². The second-order valence-corrected chi connectivity index (χ2v) is 4.96. The molecule has 5 nitrogen and oxygen atoms in total.